The van der Waals surface area contributed by atoms with Crippen LogP contribution in [-0.4, -0.2) is 54.8 Å². The fourth-order valence-corrected chi connectivity index (χ4v) is 3.10. The van der Waals surface area contributed by atoms with E-state index in [-0.39, 0.29) is 26.4 Å². The second-order valence-electron chi connectivity index (χ2n) is 7.62. The Bertz CT molecular complexity index is 549. The van der Waals surface area contributed by atoms with Gasteiger partial charge in [-0.2, -0.15) is 0 Å². The smallest absolute Gasteiger partial charge is 0.328 e. The Balaban J connectivity index is 2.36. The summed E-state index contributed by atoms with van der Waals surface area (Å²) >= 11 is 0. The van der Waals surface area contributed by atoms with Crippen LogP contribution in [0.3, 0.4) is 0 Å². The molecular formula is C23H39NO5. The molecule has 29 heavy (non-hydrogen) atoms. The van der Waals surface area contributed by atoms with Crippen molar-refractivity contribution in [2.45, 2.75) is 70.3 Å². The van der Waals surface area contributed by atoms with Gasteiger partial charge in [-0.05, 0) is 36.8 Å². The molecule has 166 valence electrons. The summed E-state index contributed by atoms with van der Waals surface area (Å²) in [7, 11) is 0. The molecule has 0 amide bonds. The maximum Gasteiger partial charge on any atom is 0.328 e. The van der Waals surface area contributed by atoms with Crippen LogP contribution >= 0.6 is 0 Å². The van der Waals surface area contributed by atoms with E-state index in [9.17, 15) is 9.90 Å². The summed E-state index contributed by atoms with van der Waals surface area (Å²) in [5, 5.41) is 18.2. The first-order valence-corrected chi connectivity index (χ1v) is 10.9. The Hall–Kier alpha value is -1.47. The van der Waals surface area contributed by atoms with Crippen LogP contribution in [0.15, 0.2) is 24.3 Å². The van der Waals surface area contributed by atoms with Crippen LogP contribution in [0.4, 0.5) is 0 Å². The summed E-state index contributed by atoms with van der Waals surface area (Å²) in [4.78, 5) is 12.2. The Morgan fingerprint density at radius 2 is 1.55 bits per heavy atom. The molecule has 0 aromatic heterocycles. The Morgan fingerprint density at radius 3 is 2.17 bits per heavy atom. The molecule has 6 heteroatoms. The maximum absolute atomic E-state index is 12.2. The van der Waals surface area contributed by atoms with E-state index in [4.69, 9.17) is 20.3 Å². The Labute approximate surface area is 175 Å². The fourth-order valence-electron chi connectivity index (χ4n) is 3.10. The van der Waals surface area contributed by atoms with Gasteiger partial charge in [0.15, 0.2) is 0 Å². The Morgan fingerprint density at radius 1 is 0.931 bits per heavy atom. The zero-order valence-electron chi connectivity index (χ0n) is 17.9. The lowest BCUT2D eigenvalue weighted by Crippen LogP contribution is -2.52. The number of carbonyl (C=O) groups is 1. The van der Waals surface area contributed by atoms with E-state index in [1.807, 2.05) is 0 Å². The minimum absolute atomic E-state index is 0.0466. The number of esters is 1. The third kappa shape index (κ3) is 10.8. The quantitative estimate of drug-likeness (QED) is 0.270. The number of aryl methyl sites for hydroxylation is 2. The highest BCUT2D eigenvalue weighted by atomic mass is 16.6. The predicted octanol–water partition coefficient (Wildman–Crippen LogP) is 2.76. The van der Waals surface area contributed by atoms with Crippen molar-refractivity contribution in [3.05, 3.63) is 35.4 Å². The molecular weight excluding hydrogens is 370 g/mol. The summed E-state index contributed by atoms with van der Waals surface area (Å²) in [6.45, 7) is 2.11. The topological polar surface area (TPSA) is 102 Å². The number of aliphatic hydroxyl groups excluding tert-OH is 2. The molecule has 0 radical (unpaired) electrons. The number of hydrogen-bond donors (Lipinski definition) is 3. The van der Waals surface area contributed by atoms with Gasteiger partial charge in [0.2, 0.25) is 0 Å². The molecule has 6 nitrogen and oxygen atoms in total. The molecule has 0 heterocycles. The molecule has 1 aromatic rings. The monoisotopic (exact) mass is 409 g/mol. The van der Waals surface area contributed by atoms with Gasteiger partial charge in [0.05, 0.1) is 26.4 Å². The van der Waals surface area contributed by atoms with Gasteiger partial charge in [-0.1, -0.05) is 63.3 Å². The van der Waals surface area contributed by atoms with Crippen LogP contribution in [0, 0.1) is 0 Å². The molecule has 1 unspecified atom stereocenters. The fraction of sp³-hybridized carbons (Fsp3) is 0.696. The highest BCUT2D eigenvalue weighted by molar-refractivity contribution is 5.80. The van der Waals surface area contributed by atoms with E-state index in [0.29, 0.717) is 12.8 Å². The summed E-state index contributed by atoms with van der Waals surface area (Å²) in [6.07, 6.45) is 9.73. The van der Waals surface area contributed by atoms with Gasteiger partial charge in [0.25, 0.3) is 0 Å². The zero-order valence-corrected chi connectivity index (χ0v) is 17.9. The number of nitrogens with two attached hydrogens (primary N) is 1. The van der Waals surface area contributed by atoms with Crippen molar-refractivity contribution in [2.75, 3.05) is 33.0 Å². The van der Waals surface area contributed by atoms with Crippen LogP contribution in [0.1, 0.15) is 63.0 Å². The molecule has 0 aliphatic carbocycles. The van der Waals surface area contributed by atoms with E-state index in [0.717, 1.165) is 12.0 Å². The molecule has 0 spiro atoms. The lowest BCUT2D eigenvalue weighted by molar-refractivity contribution is -0.153. The largest absolute Gasteiger partial charge is 0.462 e. The summed E-state index contributed by atoms with van der Waals surface area (Å²) in [6, 6.07) is 8.40. The normalized spacial score (nSPS) is 13.2. The van der Waals surface area contributed by atoms with Crippen LogP contribution < -0.4 is 5.73 Å². The van der Waals surface area contributed by atoms with Crippen molar-refractivity contribution in [1.29, 1.82) is 0 Å². The second-order valence-corrected chi connectivity index (χ2v) is 7.62. The highest BCUT2D eigenvalue weighted by Crippen LogP contribution is 2.16. The number of hydrogen-bond acceptors (Lipinski definition) is 6. The molecule has 1 atom stereocenters. The first kappa shape index (κ1) is 25.6. The molecule has 0 fully saturated rings. The molecule has 0 bridgehead atoms. The second kappa shape index (κ2) is 15.4. The highest BCUT2D eigenvalue weighted by Gasteiger charge is 2.34. The van der Waals surface area contributed by atoms with E-state index in [1.165, 1.54) is 44.1 Å². The molecule has 4 N–H and O–H groups in total. The average Bonchev–Trinajstić information content (AvgIpc) is 2.75. The predicted molar refractivity (Wildman–Crippen MR) is 115 cm³/mol. The van der Waals surface area contributed by atoms with Crippen LogP contribution in [-0.2, 0) is 27.1 Å². The van der Waals surface area contributed by atoms with Crippen molar-refractivity contribution >= 4 is 5.97 Å². The number of aliphatic hydroxyl groups is 2. The van der Waals surface area contributed by atoms with E-state index >= 15 is 0 Å². The molecule has 1 rings (SSSR count). The molecule has 0 saturated carbocycles. The lowest BCUT2D eigenvalue weighted by atomic mass is 9.92. The van der Waals surface area contributed by atoms with Gasteiger partial charge in [0.1, 0.15) is 12.1 Å². The van der Waals surface area contributed by atoms with Crippen LogP contribution in [0.2, 0.25) is 0 Å². The summed E-state index contributed by atoms with van der Waals surface area (Å²) in [5.74, 6) is -0.632. The third-order valence-electron chi connectivity index (χ3n) is 5.09. The molecule has 1 aromatic carbocycles. The van der Waals surface area contributed by atoms with E-state index < -0.39 is 18.1 Å². The summed E-state index contributed by atoms with van der Waals surface area (Å²) in [5.41, 5.74) is 7.06. The molecule has 0 aliphatic heterocycles. The van der Waals surface area contributed by atoms with Gasteiger partial charge < -0.3 is 25.4 Å². The number of unbranched alkanes of at least 4 members (excludes halogenated alkanes) is 5. The van der Waals surface area contributed by atoms with Crippen molar-refractivity contribution in [1.82, 2.24) is 0 Å². The van der Waals surface area contributed by atoms with Crippen LogP contribution in [0.25, 0.3) is 0 Å². The van der Waals surface area contributed by atoms with Crippen molar-refractivity contribution in [3.8, 4) is 0 Å². The van der Waals surface area contributed by atoms with Gasteiger partial charge in [-0.25, -0.2) is 4.79 Å². The first-order chi connectivity index (χ1) is 14.1. The van der Waals surface area contributed by atoms with Gasteiger partial charge in [-0.3, -0.25) is 0 Å². The van der Waals surface area contributed by atoms with Crippen molar-refractivity contribution < 1.29 is 24.5 Å². The SMILES string of the molecule is CCCCCCCCc1ccc(CCC(N)(CO)C(=O)OCCOCCO)cc1. The average molecular weight is 410 g/mol. The standard InChI is InChI=1S/C23H39NO5/c1-2-3-4-5-6-7-8-20-9-11-21(12-10-20)13-14-23(24,19-26)22(27)29-18-17-28-16-15-25/h9-12,25-26H,2-8,13-19,24H2,1H3. The molecule has 0 aliphatic rings. The zero-order chi connectivity index (χ0) is 21.4. The van der Waals surface area contributed by atoms with Crippen LogP contribution in [0.5, 0.6) is 0 Å². The minimum atomic E-state index is -1.42. The molecule has 0 saturated heterocycles. The van der Waals surface area contributed by atoms with Gasteiger partial charge in [-0.15, -0.1) is 0 Å². The number of carbonyl (C=O) groups excluding carboxylic acids is 1. The maximum atomic E-state index is 12.2. The number of rotatable bonds is 17. The first-order valence-electron chi connectivity index (χ1n) is 10.9. The minimum Gasteiger partial charge on any atom is -0.462 e. The number of benzene rings is 1. The summed E-state index contributed by atoms with van der Waals surface area (Å²) < 4.78 is 10.1. The van der Waals surface area contributed by atoms with Gasteiger partial charge >= 0.3 is 5.97 Å². The Kier molecular flexibility index (Phi) is 13.6. The van der Waals surface area contributed by atoms with E-state index in [2.05, 4.69) is 31.2 Å². The van der Waals surface area contributed by atoms with Gasteiger partial charge in [0, 0.05) is 0 Å². The number of ether oxygens (including phenoxy) is 2. The van der Waals surface area contributed by atoms with Crippen molar-refractivity contribution in [3.63, 3.8) is 0 Å². The lowest BCUT2D eigenvalue weighted by Gasteiger charge is -2.25. The van der Waals surface area contributed by atoms with Crippen molar-refractivity contribution in [2.24, 2.45) is 5.73 Å². The van der Waals surface area contributed by atoms with E-state index in [1.54, 1.807) is 0 Å². The third-order valence-corrected chi connectivity index (χ3v) is 5.09.